The molecule has 29 heavy (non-hydrogen) atoms. The zero-order valence-electron chi connectivity index (χ0n) is 16.0. The molecule has 0 radical (unpaired) electrons. The highest BCUT2D eigenvalue weighted by molar-refractivity contribution is 7.20. The Morgan fingerprint density at radius 1 is 1.14 bits per heavy atom. The van der Waals surface area contributed by atoms with E-state index in [4.69, 9.17) is 14.2 Å². The molecule has 0 saturated carbocycles. The third-order valence-corrected chi connectivity index (χ3v) is 5.22. The van der Waals surface area contributed by atoms with Crippen molar-refractivity contribution in [3.63, 3.8) is 0 Å². The maximum atomic E-state index is 12.7. The van der Waals surface area contributed by atoms with Crippen LogP contribution in [0.1, 0.15) is 22.2 Å². The molecule has 0 unspecified atom stereocenters. The van der Waals surface area contributed by atoms with Gasteiger partial charge in [-0.3, -0.25) is 14.2 Å². The van der Waals surface area contributed by atoms with E-state index in [1.54, 1.807) is 13.8 Å². The van der Waals surface area contributed by atoms with Gasteiger partial charge in [0.15, 0.2) is 0 Å². The van der Waals surface area contributed by atoms with Crippen LogP contribution >= 0.6 is 11.3 Å². The number of benzene rings is 1. The number of fused-ring (bicyclic) bond motifs is 1. The highest BCUT2D eigenvalue weighted by Gasteiger charge is 2.21. The van der Waals surface area contributed by atoms with E-state index < -0.39 is 17.5 Å². The van der Waals surface area contributed by atoms with Crippen LogP contribution in [0.2, 0.25) is 0 Å². The largest absolute Gasteiger partial charge is 0.490 e. The first-order valence-electron chi connectivity index (χ1n) is 9.00. The Balaban J connectivity index is 1.70. The van der Waals surface area contributed by atoms with Crippen LogP contribution in [0.3, 0.4) is 0 Å². The van der Waals surface area contributed by atoms with Gasteiger partial charge in [-0.25, -0.2) is 9.78 Å². The zero-order chi connectivity index (χ0) is 20.8. The monoisotopic (exact) mass is 416 g/mol. The molecule has 3 rings (SSSR count). The van der Waals surface area contributed by atoms with Crippen molar-refractivity contribution >= 4 is 33.5 Å². The molecule has 3 aromatic rings. The van der Waals surface area contributed by atoms with Gasteiger partial charge in [-0.2, -0.15) is 0 Å². The van der Waals surface area contributed by atoms with Crippen molar-refractivity contribution in [1.29, 1.82) is 0 Å². The third-order valence-electron chi connectivity index (χ3n) is 4.04. The van der Waals surface area contributed by atoms with Crippen molar-refractivity contribution in [2.75, 3.05) is 19.8 Å². The molecule has 1 aromatic carbocycles. The van der Waals surface area contributed by atoms with Crippen LogP contribution in [0.15, 0.2) is 41.5 Å². The first kappa shape index (κ1) is 20.5. The summed E-state index contributed by atoms with van der Waals surface area (Å²) in [5.74, 6) is -0.381. The minimum atomic E-state index is -0.543. The van der Waals surface area contributed by atoms with Gasteiger partial charge in [0.1, 0.15) is 35.2 Å². The lowest BCUT2D eigenvalue weighted by Gasteiger charge is -2.07. The number of esters is 2. The summed E-state index contributed by atoms with van der Waals surface area (Å²) < 4.78 is 16.8. The minimum absolute atomic E-state index is 0.0714. The number of carbonyl (C=O) groups is 2. The highest BCUT2D eigenvalue weighted by Crippen LogP contribution is 2.27. The number of aryl methyl sites for hydroxylation is 1. The predicted molar refractivity (Wildman–Crippen MR) is 107 cm³/mol. The standard InChI is InChI=1S/C20H20N2O6S/c1-3-26-15(23)11-22-12-21-18-16(19(22)24)13(2)17(29-18)20(25)28-10-9-27-14-7-5-4-6-8-14/h4-8,12H,3,9-11H2,1-2H3. The van der Waals surface area contributed by atoms with Crippen LogP contribution in [-0.4, -0.2) is 41.3 Å². The van der Waals surface area contributed by atoms with Crippen molar-refractivity contribution < 1.29 is 23.8 Å². The second-order valence-electron chi connectivity index (χ2n) is 6.02. The first-order chi connectivity index (χ1) is 14.0. The predicted octanol–water partition coefficient (Wildman–Crippen LogP) is 2.57. The summed E-state index contributed by atoms with van der Waals surface area (Å²) in [6.45, 7) is 3.63. The molecule has 9 heteroatoms. The van der Waals surface area contributed by atoms with Gasteiger partial charge in [0.05, 0.1) is 18.3 Å². The number of ether oxygens (including phenoxy) is 3. The number of para-hydroxylation sites is 1. The fourth-order valence-corrected chi connectivity index (χ4v) is 3.72. The molecule has 0 bridgehead atoms. The molecule has 2 heterocycles. The first-order valence-corrected chi connectivity index (χ1v) is 9.82. The maximum absolute atomic E-state index is 12.7. The summed E-state index contributed by atoms with van der Waals surface area (Å²) in [5.41, 5.74) is 0.0814. The summed E-state index contributed by atoms with van der Waals surface area (Å²) in [6.07, 6.45) is 1.28. The number of rotatable bonds is 8. The molecule has 0 amide bonds. The van der Waals surface area contributed by atoms with E-state index in [9.17, 15) is 14.4 Å². The lowest BCUT2D eigenvalue weighted by atomic mass is 10.2. The summed E-state index contributed by atoms with van der Waals surface area (Å²) in [5, 5.41) is 0.300. The second kappa shape index (κ2) is 9.33. The number of nitrogens with zero attached hydrogens (tertiary/aromatic N) is 2. The van der Waals surface area contributed by atoms with Gasteiger partial charge in [0.2, 0.25) is 0 Å². The van der Waals surface area contributed by atoms with Gasteiger partial charge < -0.3 is 14.2 Å². The smallest absolute Gasteiger partial charge is 0.348 e. The third kappa shape index (κ3) is 4.80. The minimum Gasteiger partial charge on any atom is -0.490 e. The second-order valence-corrected chi connectivity index (χ2v) is 7.02. The van der Waals surface area contributed by atoms with Gasteiger partial charge >= 0.3 is 11.9 Å². The van der Waals surface area contributed by atoms with Crippen LogP contribution in [0.5, 0.6) is 5.75 Å². The number of carbonyl (C=O) groups excluding carboxylic acids is 2. The lowest BCUT2D eigenvalue weighted by molar-refractivity contribution is -0.143. The van der Waals surface area contributed by atoms with E-state index in [1.165, 1.54) is 10.9 Å². The summed E-state index contributed by atoms with van der Waals surface area (Å²) in [4.78, 5) is 41.7. The summed E-state index contributed by atoms with van der Waals surface area (Å²) >= 11 is 1.08. The van der Waals surface area contributed by atoms with Crippen LogP contribution < -0.4 is 10.3 Å². The van der Waals surface area contributed by atoms with Crippen LogP contribution in [0.25, 0.3) is 10.2 Å². The zero-order valence-corrected chi connectivity index (χ0v) is 16.9. The molecule has 0 spiro atoms. The number of thiophene rings is 1. The molecule has 0 N–H and O–H groups in total. The Morgan fingerprint density at radius 2 is 1.90 bits per heavy atom. The average Bonchev–Trinajstić information content (AvgIpc) is 3.05. The molecule has 2 aromatic heterocycles. The average molecular weight is 416 g/mol. The fraction of sp³-hybridized carbons (Fsp3) is 0.300. The summed E-state index contributed by atoms with van der Waals surface area (Å²) in [6, 6.07) is 9.20. The lowest BCUT2D eigenvalue weighted by Crippen LogP contribution is -2.25. The molecule has 152 valence electrons. The number of hydrogen-bond donors (Lipinski definition) is 0. The van der Waals surface area contributed by atoms with Gasteiger partial charge in [-0.1, -0.05) is 18.2 Å². The maximum Gasteiger partial charge on any atom is 0.348 e. The van der Waals surface area contributed by atoms with Crippen LogP contribution in [0.4, 0.5) is 0 Å². The van der Waals surface area contributed by atoms with Crippen molar-refractivity contribution in [3.8, 4) is 5.75 Å². The molecular weight excluding hydrogens is 396 g/mol. The normalized spacial score (nSPS) is 10.7. The van der Waals surface area contributed by atoms with Gasteiger partial charge in [0, 0.05) is 0 Å². The van der Waals surface area contributed by atoms with Gasteiger partial charge in [0.25, 0.3) is 5.56 Å². The molecule has 0 saturated heterocycles. The Morgan fingerprint density at radius 3 is 2.62 bits per heavy atom. The molecular formula is C20H20N2O6S. The van der Waals surface area contributed by atoms with Crippen molar-refractivity contribution in [2.45, 2.75) is 20.4 Å². The Bertz CT molecular complexity index is 1070. The van der Waals surface area contributed by atoms with E-state index in [0.717, 1.165) is 11.3 Å². The van der Waals surface area contributed by atoms with E-state index in [0.29, 0.717) is 26.4 Å². The number of aromatic nitrogens is 2. The molecule has 0 aliphatic carbocycles. The van der Waals surface area contributed by atoms with Crippen LogP contribution in [-0.2, 0) is 20.8 Å². The quantitative estimate of drug-likeness (QED) is 0.411. The van der Waals surface area contributed by atoms with Crippen molar-refractivity contribution in [2.24, 2.45) is 0 Å². The van der Waals surface area contributed by atoms with Gasteiger partial charge in [-0.05, 0) is 31.5 Å². The fourth-order valence-electron chi connectivity index (χ4n) is 2.69. The molecule has 0 atom stereocenters. The Kier molecular flexibility index (Phi) is 6.61. The van der Waals surface area contributed by atoms with E-state index >= 15 is 0 Å². The van der Waals surface area contributed by atoms with Crippen LogP contribution in [0, 0.1) is 6.92 Å². The molecule has 8 nitrogen and oxygen atoms in total. The van der Waals surface area contributed by atoms with Crippen molar-refractivity contribution in [3.05, 3.63) is 57.5 Å². The van der Waals surface area contributed by atoms with E-state index in [2.05, 4.69) is 4.98 Å². The Labute approximate surface area is 170 Å². The molecule has 0 fully saturated rings. The van der Waals surface area contributed by atoms with Gasteiger partial charge in [-0.15, -0.1) is 11.3 Å². The van der Waals surface area contributed by atoms with Crippen molar-refractivity contribution in [1.82, 2.24) is 9.55 Å². The van der Waals surface area contributed by atoms with E-state index in [-0.39, 0.29) is 26.4 Å². The topological polar surface area (TPSA) is 96.7 Å². The SMILES string of the molecule is CCOC(=O)Cn1cnc2sc(C(=O)OCCOc3ccccc3)c(C)c2c1=O. The highest BCUT2D eigenvalue weighted by atomic mass is 32.1. The van der Waals surface area contributed by atoms with E-state index in [1.807, 2.05) is 30.3 Å². The number of hydrogen-bond acceptors (Lipinski definition) is 8. The summed E-state index contributed by atoms with van der Waals surface area (Å²) in [7, 11) is 0. The molecule has 0 aliphatic rings. The molecule has 0 aliphatic heterocycles. The Hall–Kier alpha value is -3.20.